The second-order valence-electron chi connectivity index (χ2n) is 6.98. The van der Waals surface area contributed by atoms with Gasteiger partial charge in [0.2, 0.25) is 0 Å². The van der Waals surface area contributed by atoms with Crippen LogP contribution in [0.15, 0.2) is 76.8 Å². The first-order chi connectivity index (χ1) is 16.4. The highest BCUT2D eigenvalue weighted by Crippen LogP contribution is 2.28. The quantitative estimate of drug-likeness (QED) is 0.162. The highest BCUT2D eigenvalue weighted by atomic mass is 79.9. The fourth-order valence-corrected chi connectivity index (χ4v) is 3.42. The monoisotopic (exact) mass is 521 g/mol. The lowest BCUT2D eigenvalue weighted by Crippen LogP contribution is -2.13. The normalized spacial score (nSPS) is 10.8. The maximum Gasteiger partial charge on any atom is 0.269 e. The summed E-state index contributed by atoms with van der Waals surface area (Å²) in [5, 5.41) is 22.9. The van der Waals surface area contributed by atoms with Gasteiger partial charge >= 0.3 is 0 Å². The number of nitro benzene ring substituents is 1. The zero-order chi connectivity index (χ0) is 24.5. The minimum Gasteiger partial charge on any atom is -0.494 e. The molecule has 1 N–H and O–H groups in total. The molecule has 0 heterocycles. The minimum atomic E-state index is -0.527. The van der Waals surface area contributed by atoms with Gasteiger partial charge in [0, 0.05) is 17.8 Å². The Labute approximate surface area is 204 Å². The van der Waals surface area contributed by atoms with E-state index in [1.165, 1.54) is 18.2 Å². The van der Waals surface area contributed by atoms with Gasteiger partial charge in [-0.2, -0.15) is 5.26 Å². The Morgan fingerprint density at radius 1 is 1.12 bits per heavy atom. The number of nitrogens with zero attached hydrogens (tertiary/aromatic N) is 2. The maximum absolute atomic E-state index is 12.5. The van der Waals surface area contributed by atoms with E-state index >= 15 is 0 Å². The van der Waals surface area contributed by atoms with Crippen molar-refractivity contribution in [1.82, 2.24) is 0 Å². The van der Waals surface area contributed by atoms with Gasteiger partial charge in [-0.05, 0) is 88.6 Å². The van der Waals surface area contributed by atoms with Gasteiger partial charge in [-0.1, -0.05) is 6.07 Å². The molecular weight excluding hydrogens is 502 g/mol. The van der Waals surface area contributed by atoms with Crippen molar-refractivity contribution in [2.45, 2.75) is 13.5 Å². The van der Waals surface area contributed by atoms with Crippen molar-refractivity contribution in [2.24, 2.45) is 0 Å². The van der Waals surface area contributed by atoms with Crippen molar-refractivity contribution in [1.29, 1.82) is 5.26 Å². The van der Waals surface area contributed by atoms with Crippen LogP contribution in [-0.2, 0) is 11.4 Å². The molecule has 0 spiro atoms. The third-order valence-corrected chi connectivity index (χ3v) is 5.22. The summed E-state index contributed by atoms with van der Waals surface area (Å²) in [6, 6.07) is 20.1. The van der Waals surface area contributed by atoms with E-state index in [1.807, 2.05) is 13.0 Å². The van der Waals surface area contributed by atoms with Crippen LogP contribution in [0.25, 0.3) is 6.08 Å². The van der Waals surface area contributed by atoms with Crippen LogP contribution in [0.1, 0.15) is 18.1 Å². The van der Waals surface area contributed by atoms with E-state index in [-0.39, 0.29) is 17.9 Å². The zero-order valence-corrected chi connectivity index (χ0v) is 19.7. The molecule has 3 aromatic carbocycles. The number of nitrogens with one attached hydrogen (secondary N) is 1. The Kier molecular flexibility index (Phi) is 8.37. The average molecular weight is 522 g/mol. The smallest absolute Gasteiger partial charge is 0.269 e. The molecular formula is C25H20BrN3O5. The molecule has 9 heteroatoms. The van der Waals surface area contributed by atoms with E-state index in [2.05, 4.69) is 21.2 Å². The molecule has 172 valence electrons. The number of anilines is 1. The fraction of sp³-hybridized carbons (Fsp3) is 0.120. The molecule has 0 aliphatic heterocycles. The van der Waals surface area contributed by atoms with E-state index in [0.29, 0.717) is 33.8 Å². The molecule has 0 unspecified atom stereocenters. The highest BCUT2D eigenvalue weighted by molar-refractivity contribution is 9.10. The topological polar surface area (TPSA) is 114 Å². The lowest BCUT2D eigenvalue weighted by molar-refractivity contribution is -0.384. The van der Waals surface area contributed by atoms with Crippen LogP contribution in [0.3, 0.4) is 0 Å². The Bertz CT molecular complexity index is 1250. The van der Waals surface area contributed by atoms with Gasteiger partial charge in [-0.3, -0.25) is 14.9 Å². The third kappa shape index (κ3) is 6.67. The second kappa shape index (κ2) is 11.6. The van der Waals surface area contributed by atoms with Gasteiger partial charge in [-0.25, -0.2) is 0 Å². The first kappa shape index (κ1) is 24.5. The average Bonchev–Trinajstić information content (AvgIpc) is 2.83. The number of non-ortho nitro benzene ring substituents is 1. The molecule has 0 saturated heterocycles. The van der Waals surface area contributed by atoms with Crippen LogP contribution >= 0.6 is 15.9 Å². The van der Waals surface area contributed by atoms with Crippen molar-refractivity contribution in [3.63, 3.8) is 0 Å². The second-order valence-corrected chi connectivity index (χ2v) is 7.84. The molecule has 0 aliphatic rings. The van der Waals surface area contributed by atoms with Gasteiger partial charge in [0.25, 0.3) is 11.6 Å². The van der Waals surface area contributed by atoms with Crippen molar-refractivity contribution in [3.8, 4) is 17.6 Å². The van der Waals surface area contributed by atoms with Crippen molar-refractivity contribution < 1.29 is 19.2 Å². The summed E-state index contributed by atoms with van der Waals surface area (Å²) < 4.78 is 11.8. The van der Waals surface area contributed by atoms with E-state index in [1.54, 1.807) is 54.6 Å². The first-order valence-electron chi connectivity index (χ1n) is 10.2. The molecule has 34 heavy (non-hydrogen) atoms. The van der Waals surface area contributed by atoms with E-state index in [9.17, 15) is 20.2 Å². The molecule has 3 aromatic rings. The molecule has 8 nitrogen and oxygen atoms in total. The lowest BCUT2D eigenvalue weighted by Gasteiger charge is -2.09. The molecule has 0 saturated carbocycles. The molecule has 0 fully saturated rings. The summed E-state index contributed by atoms with van der Waals surface area (Å²) in [6.45, 7) is 2.65. The number of nitro groups is 1. The fourth-order valence-electron chi connectivity index (χ4n) is 2.91. The Hall–Kier alpha value is -4.16. The number of benzene rings is 3. The van der Waals surface area contributed by atoms with Gasteiger partial charge < -0.3 is 14.8 Å². The van der Waals surface area contributed by atoms with E-state index < -0.39 is 10.8 Å². The van der Waals surface area contributed by atoms with E-state index in [4.69, 9.17) is 9.47 Å². The number of carbonyl (C=O) groups is 1. The largest absolute Gasteiger partial charge is 0.494 e. The summed E-state index contributed by atoms with van der Waals surface area (Å²) in [5.41, 5.74) is 1.92. The number of rotatable bonds is 9. The van der Waals surface area contributed by atoms with Gasteiger partial charge in [0.15, 0.2) is 0 Å². The molecule has 3 rings (SSSR count). The molecule has 0 radical (unpaired) electrons. The number of carbonyl (C=O) groups excluding carboxylic acids is 1. The number of hydrogen-bond acceptors (Lipinski definition) is 6. The maximum atomic E-state index is 12.5. The molecule has 0 bridgehead atoms. The van der Waals surface area contributed by atoms with Gasteiger partial charge in [-0.15, -0.1) is 0 Å². The SMILES string of the molecule is CCOc1ccc(NC(=O)/C(C#N)=C\c2ccc(OCc3ccc([N+](=O)[O-])cc3)c(Br)c2)cc1. The van der Waals surface area contributed by atoms with Crippen molar-refractivity contribution in [2.75, 3.05) is 11.9 Å². The predicted molar refractivity (Wildman–Crippen MR) is 131 cm³/mol. The van der Waals surface area contributed by atoms with Crippen molar-refractivity contribution in [3.05, 3.63) is 98.0 Å². The molecule has 1 amide bonds. The minimum absolute atomic E-state index is 0.0147. The zero-order valence-electron chi connectivity index (χ0n) is 18.2. The van der Waals surface area contributed by atoms with E-state index in [0.717, 1.165) is 5.56 Å². The molecule has 0 atom stereocenters. The summed E-state index contributed by atoms with van der Waals surface area (Å²) in [7, 11) is 0. The summed E-state index contributed by atoms with van der Waals surface area (Å²) in [5.74, 6) is 0.714. The lowest BCUT2D eigenvalue weighted by atomic mass is 10.1. The summed E-state index contributed by atoms with van der Waals surface area (Å²) in [6.07, 6.45) is 1.48. The van der Waals surface area contributed by atoms with Crippen LogP contribution in [0.2, 0.25) is 0 Å². The summed E-state index contributed by atoms with van der Waals surface area (Å²) in [4.78, 5) is 22.8. The van der Waals surface area contributed by atoms with Crippen LogP contribution in [0.4, 0.5) is 11.4 Å². The molecule has 0 aromatic heterocycles. The Morgan fingerprint density at radius 3 is 2.41 bits per heavy atom. The summed E-state index contributed by atoms with van der Waals surface area (Å²) >= 11 is 3.43. The Balaban J connectivity index is 1.65. The van der Waals surface area contributed by atoms with Crippen LogP contribution in [-0.4, -0.2) is 17.4 Å². The highest BCUT2D eigenvalue weighted by Gasteiger charge is 2.11. The van der Waals surface area contributed by atoms with Crippen LogP contribution < -0.4 is 14.8 Å². The number of halogens is 1. The number of hydrogen-bond donors (Lipinski definition) is 1. The first-order valence-corrected chi connectivity index (χ1v) is 11.0. The number of amides is 1. The van der Waals surface area contributed by atoms with Gasteiger partial charge in [0.1, 0.15) is 29.7 Å². The standard InChI is InChI=1S/C25H20BrN3O5/c1-2-33-22-10-6-20(7-11-22)28-25(30)19(15-27)13-18-5-12-24(23(26)14-18)34-16-17-3-8-21(9-4-17)29(31)32/h3-14H,2,16H2,1H3,(H,28,30)/b19-13-. The number of nitriles is 1. The van der Waals surface area contributed by atoms with Crippen molar-refractivity contribution >= 4 is 39.3 Å². The van der Waals surface area contributed by atoms with Crippen LogP contribution in [0, 0.1) is 21.4 Å². The molecule has 0 aliphatic carbocycles. The van der Waals surface area contributed by atoms with Crippen LogP contribution in [0.5, 0.6) is 11.5 Å². The third-order valence-electron chi connectivity index (χ3n) is 4.60. The number of ether oxygens (including phenoxy) is 2. The Morgan fingerprint density at radius 2 is 1.82 bits per heavy atom. The predicted octanol–water partition coefficient (Wildman–Crippen LogP) is 5.88. The van der Waals surface area contributed by atoms with Gasteiger partial charge in [0.05, 0.1) is 16.0 Å².